The highest BCUT2D eigenvalue weighted by molar-refractivity contribution is 5.72. The van der Waals surface area contributed by atoms with E-state index in [9.17, 15) is 4.79 Å². The summed E-state index contributed by atoms with van der Waals surface area (Å²) in [6, 6.07) is -0.327. The average molecular weight is 171 g/mol. The van der Waals surface area contributed by atoms with E-state index in [4.69, 9.17) is 5.11 Å². The first kappa shape index (κ1) is 9.52. The molecule has 1 N–H and O–H groups in total. The van der Waals surface area contributed by atoms with Gasteiger partial charge in [-0.1, -0.05) is 13.8 Å². The number of likely N-dealkylation sites (tertiary alicyclic amines) is 1. The molecule has 0 saturated carbocycles. The van der Waals surface area contributed by atoms with E-state index < -0.39 is 5.97 Å². The molecule has 3 heteroatoms. The number of carboxylic acid groups (broad SMARTS) is 1. The molecule has 1 aliphatic rings. The Kier molecular flexibility index (Phi) is 2.42. The Bertz CT molecular complexity index is 189. The van der Waals surface area contributed by atoms with Gasteiger partial charge >= 0.3 is 5.97 Å². The van der Waals surface area contributed by atoms with Crippen molar-refractivity contribution in [1.82, 2.24) is 4.90 Å². The summed E-state index contributed by atoms with van der Waals surface area (Å²) in [5.41, 5.74) is 0.295. The summed E-state index contributed by atoms with van der Waals surface area (Å²) >= 11 is 0. The molecule has 70 valence electrons. The fraction of sp³-hybridized carbons (Fsp3) is 0.889. The largest absolute Gasteiger partial charge is 0.480 e. The Balaban J connectivity index is 2.52. The number of carboxylic acids is 1. The molecule has 1 rings (SSSR count). The van der Waals surface area contributed by atoms with E-state index >= 15 is 0 Å². The number of hydrogen-bond donors (Lipinski definition) is 1. The van der Waals surface area contributed by atoms with Crippen molar-refractivity contribution in [3.63, 3.8) is 0 Å². The Labute approximate surface area is 73.4 Å². The van der Waals surface area contributed by atoms with Gasteiger partial charge in [-0.15, -0.1) is 0 Å². The molecule has 1 fully saturated rings. The second-order valence-electron chi connectivity index (χ2n) is 4.40. The minimum absolute atomic E-state index is 0.295. The van der Waals surface area contributed by atoms with Gasteiger partial charge in [0.1, 0.15) is 6.04 Å². The van der Waals surface area contributed by atoms with Crippen LogP contribution in [-0.4, -0.2) is 35.1 Å². The SMILES string of the molecule is CC(C(=O)O)N1CCC(C)(C)C1. The highest BCUT2D eigenvalue weighted by Gasteiger charge is 2.33. The molecule has 1 unspecified atom stereocenters. The average Bonchev–Trinajstić information content (AvgIpc) is 2.28. The predicted octanol–water partition coefficient (Wildman–Crippen LogP) is 1.19. The first-order valence-electron chi connectivity index (χ1n) is 4.39. The highest BCUT2D eigenvalue weighted by Crippen LogP contribution is 2.29. The maximum absolute atomic E-state index is 10.7. The lowest BCUT2D eigenvalue weighted by molar-refractivity contribution is -0.142. The van der Waals surface area contributed by atoms with Crippen LogP contribution in [0.2, 0.25) is 0 Å². The molecule has 1 aliphatic heterocycles. The minimum atomic E-state index is -0.715. The summed E-state index contributed by atoms with van der Waals surface area (Å²) in [4.78, 5) is 12.7. The number of hydrogen-bond acceptors (Lipinski definition) is 2. The Morgan fingerprint density at radius 3 is 2.50 bits per heavy atom. The number of carbonyl (C=O) groups is 1. The zero-order valence-electron chi connectivity index (χ0n) is 8.00. The van der Waals surface area contributed by atoms with Crippen molar-refractivity contribution in [1.29, 1.82) is 0 Å². The Morgan fingerprint density at radius 1 is 1.58 bits per heavy atom. The molecule has 0 aliphatic carbocycles. The predicted molar refractivity (Wildman–Crippen MR) is 47.1 cm³/mol. The van der Waals surface area contributed by atoms with Crippen LogP contribution in [0.15, 0.2) is 0 Å². The lowest BCUT2D eigenvalue weighted by Gasteiger charge is -2.22. The fourth-order valence-corrected chi connectivity index (χ4v) is 1.64. The van der Waals surface area contributed by atoms with Gasteiger partial charge in [0, 0.05) is 6.54 Å². The van der Waals surface area contributed by atoms with Gasteiger partial charge in [0.25, 0.3) is 0 Å². The molecule has 0 aromatic rings. The van der Waals surface area contributed by atoms with Crippen LogP contribution >= 0.6 is 0 Å². The molecule has 0 radical (unpaired) electrons. The number of rotatable bonds is 2. The van der Waals surface area contributed by atoms with Crippen LogP contribution in [0, 0.1) is 5.41 Å². The molecule has 3 nitrogen and oxygen atoms in total. The van der Waals surface area contributed by atoms with Crippen LogP contribution in [0.25, 0.3) is 0 Å². The number of aliphatic carboxylic acids is 1. The molecule has 0 spiro atoms. The Hall–Kier alpha value is -0.570. The molecule has 0 aromatic carbocycles. The summed E-state index contributed by atoms with van der Waals surface area (Å²) < 4.78 is 0. The first-order valence-corrected chi connectivity index (χ1v) is 4.39. The third-order valence-electron chi connectivity index (χ3n) is 2.61. The zero-order chi connectivity index (χ0) is 9.35. The molecule has 0 aromatic heterocycles. The topological polar surface area (TPSA) is 40.5 Å². The summed E-state index contributed by atoms with van der Waals surface area (Å²) in [5.74, 6) is -0.715. The second-order valence-corrected chi connectivity index (χ2v) is 4.40. The Morgan fingerprint density at radius 2 is 2.17 bits per heavy atom. The highest BCUT2D eigenvalue weighted by atomic mass is 16.4. The van der Waals surface area contributed by atoms with E-state index in [1.807, 2.05) is 4.90 Å². The quantitative estimate of drug-likeness (QED) is 0.678. The standard InChI is InChI=1S/C9H17NO2/c1-7(8(11)12)10-5-4-9(2,3)6-10/h7H,4-6H2,1-3H3,(H,11,12). The monoisotopic (exact) mass is 171 g/mol. The summed E-state index contributed by atoms with van der Waals surface area (Å²) in [5, 5.41) is 8.77. The molecule has 0 bridgehead atoms. The minimum Gasteiger partial charge on any atom is -0.480 e. The lowest BCUT2D eigenvalue weighted by Crippen LogP contribution is -2.37. The zero-order valence-corrected chi connectivity index (χ0v) is 8.00. The van der Waals surface area contributed by atoms with Crippen molar-refractivity contribution < 1.29 is 9.90 Å². The van der Waals surface area contributed by atoms with Crippen LogP contribution in [0.5, 0.6) is 0 Å². The van der Waals surface area contributed by atoms with Gasteiger partial charge < -0.3 is 5.11 Å². The smallest absolute Gasteiger partial charge is 0.320 e. The van der Waals surface area contributed by atoms with Gasteiger partial charge in [0.05, 0.1) is 0 Å². The first-order chi connectivity index (χ1) is 5.42. The van der Waals surface area contributed by atoms with Crippen LogP contribution in [0.4, 0.5) is 0 Å². The van der Waals surface area contributed by atoms with E-state index in [1.54, 1.807) is 6.92 Å². The van der Waals surface area contributed by atoms with Crippen LogP contribution < -0.4 is 0 Å². The maximum atomic E-state index is 10.7. The molecular formula is C9H17NO2. The van der Waals surface area contributed by atoms with Gasteiger partial charge in [0.2, 0.25) is 0 Å². The second kappa shape index (κ2) is 3.05. The number of nitrogens with zero attached hydrogens (tertiary/aromatic N) is 1. The van der Waals surface area contributed by atoms with E-state index in [-0.39, 0.29) is 6.04 Å². The van der Waals surface area contributed by atoms with Gasteiger partial charge in [-0.2, -0.15) is 0 Å². The van der Waals surface area contributed by atoms with E-state index in [2.05, 4.69) is 13.8 Å². The molecule has 1 saturated heterocycles. The third kappa shape index (κ3) is 1.97. The van der Waals surface area contributed by atoms with Gasteiger partial charge in [-0.05, 0) is 25.3 Å². The molecular weight excluding hydrogens is 154 g/mol. The van der Waals surface area contributed by atoms with Crippen LogP contribution in [-0.2, 0) is 4.79 Å². The van der Waals surface area contributed by atoms with Crippen molar-refractivity contribution >= 4 is 5.97 Å². The summed E-state index contributed by atoms with van der Waals surface area (Å²) in [6.07, 6.45) is 1.10. The summed E-state index contributed by atoms with van der Waals surface area (Å²) in [7, 11) is 0. The fourth-order valence-electron chi connectivity index (χ4n) is 1.64. The third-order valence-corrected chi connectivity index (χ3v) is 2.61. The van der Waals surface area contributed by atoms with Crippen molar-refractivity contribution in [2.45, 2.75) is 33.2 Å². The van der Waals surface area contributed by atoms with E-state index in [1.165, 1.54) is 0 Å². The van der Waals surface area contributed by atoms with Gasteiger partial charge in [-0.25, -0.2) is 0 Å². The van der Waals surface area contributed by atoms with E-state index in [0.29, 0.717) is 5.41 Å². The van der Waals surface area contributed by atoms with E-state index in [0.717, 1.165) is 19.5 Å². The maximum Gasteiger partial charge on any atom is 0.320 e. The van der Waals surface area contributed by atoms with Crippen molar-refractivity contribution in [2.75, 3.05) is 13.1 Å². The van der Waals surface area contributed by atoms with Gasteiger partial charge in [-0.3, -0.25) is 9.69 Å². The van der Waals surface area contributed by atoms with Crippen LogP contribution in [0.3, 0.4) is 0 Å². The van der Waals surface area contributed by atoms with Crippen LogP contribution in [0.1, 0.15) is 27.2 Å². The van der Waals surface area contributed by atoms with Crippen molar-refractivity contribution in [3.05, 3.63) is 0 Å². The van der Waals surface area contributed by atoms with Crippen molar-refractivity contribution in [2.24, 2.45) is 5.41 Å². The van der Waals surface area contributed by atoms with Gasteiger partial charge in [0.15, 0.2) is 0 Å². The molecule has 0 amide bonds. The lowest BCUT2D eigenvalue weighted by atomic mass is 9.93. The summed E-state index contributed by atoms with van der Waals surface area (Å²) in [6.45, 7) is 7.94. The molecule has 1 heterocycles. The van der Waals surface area contributed by atoms with Crippen molar-refractivity contribution in [3.8, 4) is 0 Å². The molecule has 12 heavy (non-hydrogen) atoms. The molecule has 1 atom stereocenters. The normalized spacial score (nSPS) is 25.6.